The van der Waals surface area contributed by atoms with Crippen molar-refractivity contribution in [1.82, 2.24) is 9.78 Å². The number of hydrogen-bond acceptors (Lipinski definition) is 2. The number of hydrogen-bond donors (Lipinski definition) is 1. The van der Waals surface area contributed by atoms with E-state index in [-0.39, 0.29) is 0 Å². The number of nitrogens with zero attached hydrogens (tertiary/aromatic N) is 2. The van der Waals surface area contributed by atoms with Crippen molar-refractivity contribution < 1.29 is 9.90 Å². The Morgan fingerprint density at radius 3 is 2.80 bits per heavy atom. The van der Waals surface area contributed by atoms with Gasteiger partial charge in [-0.3, -0.25) is 4.68 Å². The van der Waals surface area contributed by atoms with Crippen molar-refractivity contribution in [3.05, 3.63) is 23.0 Å². The Balaban J connectivity index is 2.55. The molecule has 1 N–H and O–H groups in total. The van der Waals surface area contributed by atoms with E-state index in [9.17, 15) is 4.79 Å². The van der Waals surface area contributed by atoms with Crippen molar-refractivity contribution >= 4 is 11.5 Å². The summed E-state index contributed by atoms with van der Waals surface area (Å²) >= 11 is 0. The monoisotopic (exact) mass is 206 g/mol. The summed E-state index contributed by atoms with van der Waals surface area (Å²) in [6.45, 7) is 1.97. The minimum Gasteiger partial charge on any atom is -0.478 e. The molecule has 0 aliphatic heterocycles. The normalized spacial score (nSPS) is 16.1. The molecule has 0 bridgehead atoms. The van der Waals surface area contributed by atoms with Crippen LogP contribution in [0.3, 0.4) is 0 Å². The Morgan fingerprint density at radius 1 is 1.53 bits per heavy atom. The third-order valence-corrected chi connectivity index (χ3v) is 2.88. The second-order valence-corrected chi connectivity index (χ2v) is 3.92. The maximum Gasteiger partial charge on any atom is 0.331 e. The van der Waals surface area contributed by atoms with Crippen molar-refractivity contribution in [2.75, 3.05) is 0 Å². The van der Waals surface area contributed by atoms with E-state index in [1.165, 1.54) is 0 Å². The largest absolute Gasteiger partial charge is 0.478 e. The van der Waals surface area contributed by atoms with Gasteiger partial charge in [0.1, 0.15) is 0 Å². The average Bonchev–Trinajstić information content (AvgIpc) is 2.73. The van der Waals surface area contributed by atoms with E-state index in [1.54, 1.807) is 10.9 Å². The molecule has 0 saturated carbocycles. The smallest absolute Gasteiger partial charge is 0.331 e. The van der Waals surface area contributed by atoms with Gasteiger partial charge in [-0.2, -0.15) is 5.10 Å². The number of carboxylic acid groups (broad SMARTS) is 1. The van der Waals surface area contributed by atoms with Gasteiger partial charge in [-0.25, -0.2) is 4.79 Å². The second kappa shape index (κ2) is 3.53. The van der Waals surface area contributed by atoms with Gasteiger partial charge in [-0.15, -0.1) is 0 Å². The number of aryl methyl sites for hydroxylation is 2. The lowest BCUT2D eigenvalue weighted by Crippen LogP contribution is -2.03. The minimum absolute atomic E-state index is 0.557. The molecule has 0 saturated heterocycles. The van der Waals surface area contributed by atoms with Crippen molar-refractivity contribution in [2.45, 2.75) is 26.2 Å². The SMILES string of the molecule is Cc1cnn(C)c1C1=C(C(=O)O)CCC1. The summed E-state index contributed by atoms with van der Waals surface area (Å²) in [6, 6.07) is 0. The van der Waals surface area contributed by atoms with E-state index < -0.39 is 5.97 Å². The average molecular weight is 206 g/mol. The molecule has 80 valence electrons. The number of aromatic nitrogens is 2. The molecule has 0 spiro atoms. The fourth-order valence-corrected chi connectivity index (χ4v) is 2.22. The molecule has 0 fully saturated rings. The van der Waals surface area contributed by atoms with Gasteiger partial charge in [-0.1, -0.05) is 0 Å². The highest BCUT2D eigenvalue weighted by Gasteiger charge is 2.24. The fourth-order valence-electron chi connectivity index (χ4n) is 2.22. The minimum atomic E-state index is -0.789. The molecule has 0 radical (unpaired) electrons. The lowest BCUT2D eigenvalue weighted by atomic mass is 10.1. The first-order chi connectivity index (χ1) is 7.11. The highest BCUT2D eigenvalue weighted by atomic mass is 16.4. The Kier molecular flexibility index (Phi) is 2.34. The maximum atomic E-state index is 11.0. The van der Waals surface area contributed by atoms with Crippen LogP contribution in [0.15, 0.2) is 11.8 Å². The third-order valence-electron chi connectivity index (χ3n) is 2.88. The van der Waals surface area contributed by atoms with Crippen LogP contribution in [0, 0.1) is 6.92 Å². The quantitative estimate of drug-likeness (QED) is 0.802. The molecule has 15 heavy (non-hydrogen) atoms. The first-order valence-corrected chi connectivity index (χ1v) is 5.05. The summed E-state index contributed by atoms with van der Waals surface area (Å²) < 4.78 is 1.76. The Hall–Kier alpha value is -1.58. The predicted octanol–water partition coefficient (Wildman–Crippen LogP) is 1.75. The van der Waals surface area contributed by atoms with E-state index in [4.69, 9.17) is 5.11 Å². The Bertz CT molecular complexity index is 424. The van der Waals surface area contributed by atoms with E-state index in [0.717, 1.165) is 29.7 Å². The number of carbonyl (C=O) groups is 1. The van der Waals surface area contributed by atoms with Gasteiger partial charge in [0.05, 0.1) is 11.9 Å². The van der Waals surface area contributed by atoms with Crippen LogP contribution in [0.5, 0.6) is 0 Å². The highest BCUT2D eigenvalue weighted by molar-refractivity contribution is 5.97. The molecule has 1 heterocycles. The van der Waals surface area contributed by atoms with Gasteiger partial charge < -0.3 is 5.11 Å². The lowest BCUT2D eigenvalue weighted by molar-refractivity contribution is -0.132. The number of carboxylic acids is 1. The van der Waals surface area contributed by atoms with Gasteiger partial charge in [0.25, 0.3) is 0 Å². The summed E-state index contributed by atoms with van der Waals surface area (Å²) in [5.74, 6) is -0.789. The molecular formula is C11H14N2O2. The molecule has 1 aliphatic rings. The highest BCUT2D eigenvalue weighted by Crippen LogP contribution is 2.34. The van der Waals surface area contributed by atoms with Crippen LogP contribution in [0.1, 0.15) is 30.5 Å². The predicted molar refractivity (Wildman–Crippen MR) is 56.4 cm³/mol. The van der Waals surface area contributed by atoms with Crippen LogP contribution in [0.25, 0.3) is 5.57 Å². The van der Waals surface area contributed by atoms with Gasteiger partial charge >= 0.3 is 5.97 Å². The van der Waals surface area contributed by atoms with Crippen molar-refractivity contribution in [1.29, 1.82) is 0 Å². The first-order valence-electron chi connectivity index (χ1n) is 5.05. The van der Waals surface area contributed by atoms with Crippen LogP contribution in [-0.2, 0) is 11.8 Å². The van der Waals surface area contributed by atoms with E-state index in [1.807, 2.05) is 14.0 Å². The summed E-state index contributed by atoms with van der Waals surface area (Å²) in [5.41, 5.74) is 3.54. The van der Waals surface area contributed by atoms with Gasteiger partial charge in [-0.05, 0) is 37.3 Å². The summed E-state index contributed by atoms with van der Waals surface area (Å²) in [6.07, 6.45) is 4.24. The molecular weight excluding hydrogens is 192 g/mol. The zero-order valence-electron chi connectivity index (χ0n) is 8.95. The molecule has 4 nitrogen and oxygen atoms in total. The van der Waals surface area contributed by atoms with E-state index >= 15 is 0 Å². The maximum absolute atomic E-state index is 11.0. The standard InChI is InChI=1S/C11H14N2O2/c1-7-6-12-13(2)10(7)8-4-3-5-9(8)11(14)15/h6H,3-5H2,1-2H3,(H,14,15). The van der Waals surface area contributed by atoms with Crippen molar-refractivity contribution in [3.63, 3.8) is 0 Å². The summed E-state index contributed by atoms with van der Waals surface area (Å²) in [7, 11) is 1.85. The van der Waals surface area contributed by atoms with Crippen LogP contribution in [-0.4, -0.2) is 20.9 Å². The molecule has 0 amide bonds. The topological polar surface area (TPSA) is 55.1 Å². The molecule has 1 aromatic heterocycles. The molecule has 1 aliphatic carbocycles. The van der Waals surface area contributed by atoms with E-state index in [2.05, 4.69) is 5.10 Å². The molecule has 2 rings (SSSR count). The molecule has 1 aromatic rings. The first kappa shape index (κ1) is 9.96. The van der Waals surface area contributed by atoms with Gasteiger partial charge in [0, 0.05) is 12.6 Å². The zero-order valence-corrected chi connectivity index (χ0v) is 8.95. The Labute approximate surface area is 88.2 Å². The number of allylic oxidation sites excluding steroid dienone is 1. The summed E-state index contributed by atoms with van der Waals surface area (Å²) in [5, 5.41) is 13.2. The van der Waals surface area contributed by atoms with Crippen LogP contribution in [0.4, 0.5) is 0 Å². The van der Waals surface area contributed by atoms with Crippen LogP contribution in [0.2, 0.25) is 0 Å². The zero-order chi connectivity index (χ0) is 11.0. The van der Waals surface area contributed by atoms with Gasteiger partial charge in [0.2, 0.25) is 0 Å². The summed E-state index contributed by atoms with van der Waals surface area (Å²) in [4.78, 5) is 11.0. The van der Waals surface area contributed by atoms with Crippen molar-refractivity contribution in [3.8, 4) is 0 Å². The number of aliphatic carboxylic acids is 1. The molecule has 4 heteroatoms. The molecule has 0 aromatic carbocycles. The molecule has 0 unspecified atom stereocenters. The van der Waals surface area contributed by atoms with Crippen LogP contribution < -0.4 is 0 Å². The molecule has 0 atom stereocenters. The second-order valence-electron chi connectivity index (χ2n) is 3.92. The Morgan fingerprint density at radius 2 is 2.27 bits per heavy atom. The number of rotatable bonds is 2. The van der Waals surface area contributed by atoms with E-state index in [0.29, 0.717) is 12.0 Å². The third kappa shape index (κ3) is 1.56. The van der Waals surface area contributed by atoms with Crippen molar-refractivity contribution in [2.24, 2.45) is 7.05 Å². The van der Waals surface area contributed by atoms with Crippen LogP contribution >= 0.6 is 0 Å². The lowest BCUT2D eigenvalue weighted by Gasteiger charge is -2.06. The fraction of sp³-hybridized carbons (Fsp3) is 0.455. The van der Waals surface area contributed by atoms with Gasteiger partial charge in [0.15, 0.2) is 0 Å².